The molecule has 0 aromatic carbocycles. The Morgan fingerprint density at radius 1 is 1.39 bits per heavy atom. The van der Waals surface area contributed by atoms with Crippen molar-refractivity contribution in [1.29, 1.82) is 0 Å². The minimum atomic E-state index is -0.108. The van der Waals surface area contributed by atoms with Crippen LogP contribution < -0.4 is 15.8 Å². The van der Waals surface area contributed by atoms with Crippen molar-refractivity contribution in [2.45, 2.75) is 52.2 Å². The fourth-order valence-electron chi connectivity index (χ4n) is 1.85. The van der Waals surface area contributed by atoms with Gasteiger partial charge in [0, 0.05) is 12.7 Å². The van der Waals surface area contributed by atoms with E-state index >= 15 is 0 Å². The number of aromatic nitrogens is 1. The fraction of sp³-hybridized carbons (Fsp3) is 0.643. The summed E-state index contributed by atoms with van der Waals surface area (Å²) in [4.78, 5) is 4.37. The molecule has 1 aromatic heterocycles. The largest absolute Gasteiger partial charge is 0.487 e. The van der Waals surface area contributed by atoms with E-state index in [4.69, 9.17) is 10.5 Å². The second-order valence-corrected chi connectivity index (χ2v) is 4.83. The maximum atomic E-state index is 5.90. The summed E-state index contributed by atoms with van der Waals surface area (Å²) in [5.41, 5.74) is 5.79. The Kier molecular flexibility index (Phi) is 5.41. The van der Waals surface area contributed by atoms with Crippen LogP contribution in [-0.4, -0.2) is 23.2 Å². The molecule has 0 saturated carbocycles. The predicted molar refractivity (Wildman–Crippen MR) is 76.0 cm³/mol. The highest BCUT2D eigenvalue weighted by molar-refractivity contribution is 5.51. The van der Waals surface area contributed by atoms with Crippen molar-refractivity contribution in [3.63, 3.8) is 0 Å². The first-order valence-corrected chi connectivity index (χ1v) is 6.66. The average molecular weight is 251 g/mol. The molecule has 0 bridgehead atoms. The molecule has 102 valence electrons. The van der Waals surface area contributed by atoms with E-state index in [1.54, 1.807) is 6.20 Å². The van der Waals surface area contributed by atoms with E-state index in [1.165, 1.54) is 0 Å². The van der Waals surface area contributed by atoms with Crippen LogP contribution in [0.4, 0.5) is 5.82 Å². The minimum absolute atomic E-state index is 0.108. The van der Waals surface area contributed by atoms with Crippen molar-refractivity contribution in [2.75, 3.05) is 11.9 Å². The Morgan fingerprint density at radius 2 is 2.06 bits per heavy atom. The van der Waals surface area contributed by atoms with E-state index in [1.807, 2.05) is 26.0 Å². The van der Waals surface area contributed by atoms with Gasteiger partial charge in [0.25, 0.3) is 0 Å². The molecule has 0 amide bonds. The molecule has 1 aromatic rings. The van der Waals surface area contributed by atoms with E-state index in [-0.39, 0.29) is 11.6 Å². The van der Waals surface area contributed by atoms with Gasteiger partial charge in [-0.1, -0.05) is 13.8 Å². The topological polar surface area (TPSA) is 60.2 Å². The lowest BCUT2D eigenvalue weighted by molar-refractivity contribution is 0.242. The normalized spacial score (nSPS) is 11.7. The summed E-state index contributed by atoms with van der Waals surface area (Å²) in [5, 5.41) is 3.45. The van der Waals surface area contributed by atoms with Gasteiger partial charge in [-0.05, 0) is 38.8 Å². The lowest BCUT2D eigenvalue weighted by atomic mass is 9.93. The summed E-state index contributed by atoms with van der Waals surface area (Å²) < 4.78 is 5.76. The number of pyridine rings is 1. The fourth-order valence-corrected chi connectivity index (χ4v) is 1.85. The molecule has 0 aliphatic carbocycles. The summed E-state index contributed by atoms with van der Waals surface area (Å²) >= 11 is 0. The number of rotatable bonds is 7. The molecule has 0 fully saturated rings. The van der Waals surface area contributed by atoms with Gasteiger partial charge >= 0.3 is 0 Å². The Bertz CT molecular complexity index is 354. The first-order valence-electron chi connectivity index (χ1n) is 6.66. The molecule has 0 atom stereocenters. The molecular formula is C14H25N3O. The highest BCUT2D eigenvalue weighted by Gasteiger charge is 2.25. The van der Waals surface area contributed by atoms with Crippen molar-refractivity contribution >= 4 is 5.82 Å². The monoisotopic (exact) mass is 251 g/mol. The van der Waals surface area contributed by atoms with Gasteiger partial charge < -0.3 is 15.8 Å². The molecule has 18 heavy (non-hydrogen) atoms. The summed E-state index contributed by atoms with van der Waals surface area (Å²) in [5.74, 6) is 1.56. The maximum absolute atomic E-state index is 5.90. The zero-order chi connectivity index (χ0) is 13.6. The lowest BCUT2D eigenvalue weighted by Crippen LogP contribution is -2.44. The quantitative estimate of drug-likeness (QED) is 0.782. The third-order valence-electron chi connectivity index (χ3n) is 3.26. The van der Waals surface area contributed by atoms with Crippen molar-refractivity contribution < 1.29 is 4.74 Å². The van der Waals surface area contributed by atoms with Crippen LogP contribution in [0.15, 0.2) is 18.3 Å². The Labute approximate surface area is 110 Å². The molecule has 0 aliphatic rings. The van der Waals surface area contributed by atoms with Crippen LogP contribution in [0.3, 0.4) is 0 Å². The molecule has 4 heteroatoms. The Morgan fingerprint density at radius 3 is 2.56 bits per heavy atom. The Balaban J connectivity index is 2.95. The number of nitrogens with two attached hydrogens (primary N) is 1. The number of hydrogen-bond acceptors (Lipinski definition) is 4. The van der Waals surface area contributed by atoms with E-state index in [2.05, 4.69) is 24.1 Å². The van der Waals surface area contributed by atoms with Crippen molar-refractivity contribution in [2.24, 2.45) is 5.73 Å². The molecular weight excluding hydrogens is 226 g/mol. The molecule has 3 N–H and O–H groups in total. The van der Waals surface area contributed by atoms with Gasteiger partial charge in [0.1, 0.15) is 0 Å². The van der Waals surface area contributed by atoms with Gasteiger partial charge in [-0.3, -0.25) is 0 Å². The van der Waals surface area contributed by atoms with Crippen molar-refractivity contribution in [3.05, 3.63) is 18.3 Å². The van der Waals surface area contributed by atoms with Crippen LogP contribution >= 0.6 is 0 Å². The van der Waals surface area contributed by atoms with Crippen LogP contribution in [0.2, 0.25) is 0 Å². The molecule has 4 nitrogen and oxygen atoms in total. The van der Waals surface area contributed by atoms with E-state index in [0.29, 0.717) is 6.54 Å². The smallest absolute Gasteiger partial charge is 0.169 e. The van der Waals surface area contributed by atoms with Gasteiger partial charge in [0.15, 0.2) is 11.6 Å². The molecule has 1 heterocycles. The summed E-state index contributed by atoms with van der Waals surface area (Å²) in [6.07, 6.45) is 3.81. The molecule has 0 spiro atoms. The summed E-state index contributed by atoms with van der Waals surface area (Å²) in [6, 6.07) is 3.81. The lowest BCUT2D eigenvalue weighted by Gasteiger charge is -2.32. The molecule has 0 saturated heterocycles. The number of nitrogens with one attached hydrogen (secondary N) is 1. The zero-order valence-corrected chi connectivity index (χ0v) is 11.9. The molecule has 0 unspecified atom stereocenters. The predicted octanol–water partition coefficient (Wildman–Crippen LogP) is 2.80. The van der Waals surface area contributed by atoms with Crippen LogP contribution in [0.1, 0.15) is 40.5 Å². The maximum Gasteiger partial charge on any atom is 0.169 e. The standard InChI is InChI=1S/C14H25N3O/c1-5-14(6-2,10-15)17-13-12(18-11(3)4)8-7-9-16-13/h7-9,11H,5-6,10,15H2,1-4H3,(H,16,17). The number of ether oxygens (including phenoxy) is 1. The number of hydrogen-bond donors (Lipinski definition) is 2. The van der Waals surface area contributed by atoms with E-state index in [0.717, 1.165) is 24.4 Å². The van der Waals surface area contributed by atoms with Gasteiger partial charge in [0.2, 0.25) is 0 Å². The van der Waals surface area contributed by atoms with Gasteiger partial charge in [-0.2, -0.15) is 0 Å². The van der Waals surface area contributed by atoms with Crippen LogP contribution in [0.5, 0.6) is 5.75 Å². The number of anilines is 1. The van der Waals surface area contributed by atoms with Crippen LogP contribution in [0, 0.1) is 0 Å². The highest BCUT2D eigenvalue weighted by atomic mass is 16.5. The minimum Gasteiger partial charge on any atom is -0.487 e. The third-order valence-corrected chi connectivity index (χ3v) is 3.26. The van der Waals surface area contributed by atoms with E-state index in [9.17, 15) is 0 Å². The van der Waals surface area contributed by atoms with E-state index < -0.39 is 0 Å². The highest BCUT2D eigenvalue weighted by Crippen LogP contribution is 2.27. The second kappa shape index (κ2) is 6.59. The number of nitrogens with zero attached hydrogens (tertiary/aromatic N) is 1. The second-order valence-electron chi connectivity index (χ2n) is 4.83. The third kappa shape index (κ3) is 3.60. The van der Waals surface area contributed by atoms with Gasteiger partial charge in [-0.15, -0.1) is 0 Å². The SMILES string of the molecule is CCC(CC)(CN)Nc1ncccc1OC(C)C. The van der Waals surface area contributed by atoms with Gasteiger partial charge in [-0.25, -0.2) is 4.98 Å². The van der Waals surface area contributed by atoms with Crippen LogP contribution in [-0.2, 0) is 0 Å². The zero-order valence-electron chi connectivity index (χ0n) is 11.9. The summed E-state index contributed by atoms with van der Waals surface area (Å²) in [6.45, 7) is 8.86. The van der Waals surface area contributed by atoms with Crippen molar-refractivity contribution in [1.82, 2.24) is 4.98 Å². The van der Waals surface area contributed by atoms with Crippen LogP contribution in [0.25, 0.3) is 0 Å². The molecule has 1 rings (SSSR count). The first-order chi connectivity index (χ1) is 8.56. The molecule has 0 aliphatic heterocycles. The summed E-state index contributed by atoms with van der Waals surface area (Å²) in [7, 11) is 0. The van der Waals surface area contributed by atoms with Gasteiger partial charge in [0.05, 0.1) is 11.6 Å². The van der Waals surface area contributed by atoms with Crippen molar-refractivity contribution in [3.8, 4) is 5.75 Å². The average Bonchev–Trinajstić information content (AvgIpc) is 2.37. The molecule has 0 radical (unpaired) electrons. The first kappa shape index (κ1) is 14.8. The Hall–Kier alpha value is -1.29.